The third-order valence-electron chi connectivity index (χ3n) is 4.18. The van der Waals surface area contributed by atoms with Crippen molar-refractivity contribution < 1.29 is 10.2 Å². The Balaban J connectivity index is 2.46. The summed E-state index contributed by atoms with van der Waals surface area (Å²) in [6, 6.07) is 3.82. The van der Waals surface area contributed by atoms with Gasteiger partial charge in [-0.2, -0.15) is 0 Å². The smallest absolute Gasteiger partial charge is 0.119 e. The van der Waals surface area contributed by atoms with Crippen molar-refractivity contribution in [2.75, 3.05) is 0 Å². The van der Waals surface area contributed by atoms with E-state index in [1.54, 1.807) is 6.07 Å². The minimum Gasteiger partial charge on any atom is -0.508 e. The number of aromatic hydroxyl groups is 1. The molecule has 1 fully saturated rings. The van der Waals surface area contributed by atoms with Crippen LogP contribution in [0.1, 0.15) is 68.6 Å². The summed E-state index contributed by atoms with van der Waals surface area (Å²) >= 11 is 0. The zero-order valence-corrected chi connectivity index (χ0v) is 11.7. The highest BCUT2D eigenvalue weighted by molar-refractivity contribution is 5.45. The Morgan fingerprint density at radius 2 is 1.72 bits per heavy atom. The molecule has 2 rings (SSSR count). The van der Waals surface area contributed by atoms with E-state index in [-0.39, 0.29) is 5.92 Å². The number of benzene rings is 1. The van der Waals surface area contributed by atoms with Crippen LogP contribution in [0.3, 0.4) is 0 Å². The van der Waals surface area contributed by atoms with Crippen molar-refractivity contribution >= 4 is 0 Å². The molecular weight excluding hydrogens is 224 g/mol. The lowest BCUT2D eigenvalue weighted by atomic mass is 9.77. The highest BCUT2D eigenvalue weighted by atomic mass is 16.3. The predicted molar refractivity (Wildman–Crippen MR) is 73.9 cm³/mol. The number of rotatable bonds is 2. The lowest BCUT2D eigenvalue weighted by molar-refractivity contribution is -0.00128. The monoisotopic (exact) mass is 248 g/mol. The van der Waals surface area contributed by atoms with Crippen LogP contribution in [0, 0.1) is 6.92 Å². The standard InChI is InChI=1S/C16H24O2/c1-11(2)13-10-14(12(3)9-15(13)17)16(18)7-5-4-6-8-16/h9-11,17-18H,4-8H2,1-3H3. The fraction of sp³-hybridized carbons (Fsp3) is 0.625. The van der Waals surface area contributed by atoms with E-state index in [1.165, 1.54) is 6.42 Å². The first-order valence-corrected chi connectivity index (χ1v) is 7.00. The molecule has 1 aliphatic carbocycles. The van der Waals surface area contributed by atoms with Gasteiger partial charge in [0.05, 0.1) is 5.60 Å². The molecule has 18 heavy (non-hydrogen) atoms. The molecule has 0 aliphatic heterocycles. The van der Waals surface area contributed by atoms with Crippen molar-refractivity contribution in [3.63, 3.8) is 0 Å². The Morgan fingerprint density at radius 1 is 1.11 bits per heavy atom. The molecule has 0 unspecified atom stereocenters. The van der Waals surface area contributed by atoms with Crippen LogP contribution >= 0.6 is 0 Å². The fourth-order valence-corrected chi connectivity index (χ4v) is 3.08. The third kappa shape index (κ3) is 2.39. The van der Waals surface area contributed by atoms with E-state index in [0.717, 1.165) is 42.4 Å². The summed E-state index contributed by atoms with van der Waals surface area (Å²) < 4.78 is 0. The first kappa shape index (κ1) is 13.4. The number of hydrogen-bond acceptors (Lipinski definition) is 2. The molecule has 0 atom stereocenters. The Hall–Kier alpha value is -1.02. The van der Waals surface area contributed by atoms with Crippen molar-refractivity contribution in [2.45, 2.75) is 64.4 Å². The van der Waals surface area contributed by atoms with Gasteiger partial charge < -0.3 is 10.2 Å². The highest BCUT2D eigenvalue weighted by Gasteiger charge is 2.33. The topological polar surface area (TPSA) is 40.5 Å². The van der Waals surface area contributed by atoms with Crippen LogP contribution in [0.5, 0.6) is 5.75 Å². The lowest BCUT2D eigenvalue weighted by Gasteiger charge is -2.34. The van der Waals surface area contributed by atoms with E-state index in [4.69, 9.17) is 0 Å². The Labute approximate surface area is 110 Å². The van der Waals surface area contributed by atoms with Crippen LogP contribution in [0.4, 0.5) is 0 Å². The van der Waals surface area contributed by atoms with Crippen LogP contribution in [0.15, 0.2) is 12.1 Å². The molecule has 1 aromatic rings. The summed E-state index contributed by atoms with van der Waals surface area (Å²) in [5, 5.41) is 20.8. The predicted octanol–water partition coefficient (Wildman–Crippen LogP) is 3.98. The van der Waals surface area contributed by atoms with Crippen molar-refractivity contribution in [2.24, 2.45) is 0 Å². The number of phenols is 1. The van der Waals surface area contributed by atoms with Gasteiger partial charge in [0.1, 0.15) is 5.75 Å². The molecular formula is C16H24O2. The van der Waals surface area contributed by atoms with Gasteiger partial charge in [0.25, 0.3) is 0 Å². The van der Waals surface area contributed by atoms with E-state index < -0.39 is 5.60 Å². The molecule has 0 spiro atoms. The first-order chi connectivity index (χ1) is 8.44. The molecule has 2 heteroatoms. The second-order valence-corrected chi connectivity index (χ2v) is 5.97. The summed E-state index contributed by atoms with van der Waals surface area (Å²) in [5.41, 5.74) is 2.28. The molecule has 2 N–H and O–H groups in total. The number of aryl methyl sites for hydroxylation is 1. The minimum atomic E-state index is -0.681. The second-order valence-electron chi connectivity index (χ2n) is 5.97. The molecule has 100 valence electrons. The molecule has 0 heterocycles. The van der Waals surface area contributed by atoms with Crippen molar-refractivity contribution in [1.29, 1.82) is 0 Å². The van der Waals surface area contributed by atoms with E-state index in [9.17, 15) is 10.2 Å². The maximum Gasteiger partial charge on any atom is 0.119 e. The maximum atomic E-state index is 10.8. The molecule has 0 amide bonds. The molecule has 2 nitrogen and oxygen atoms in total. The van der Waals surface area contributed by atoms with Gasteiger partial charge in [-0.25, -0.2) is 0 Å². The molecule has 1 aliphatic rings. The second kappa shape index (κ2) is 4.93. The molecule has 0 saturated heterocycles. The summed E-state index contributed by atoms with van der Waals surface area (Å²) in [6.45, 7) is 6.11. The summed E-state index contributed by atoms with van der Waals surface area (Å²) in [4.78, 5) is 0. The van der Waals surface area contributed by atoms with Gasteiger partial charge in [0.15, 0.2) is 0 Å². The maximum absolute atomic E-state index is 10.8. The SMILES string of the molecule is Cc1cc(O)c(C(C)C)cc1C1(O)CCCCC1. The van der Waals surface area contributed by atoms with Gasteiger partial charge in [-0.05, 0) is 54.5 Å². The van der Waals surface area contributed by atoms with E-state index in [1.807, 2.05) is 13.0 Å². The van der Waals surface area contributed by atoms with Crippen LogP contribution in [-0.2, 0) is 5.60 Å². The molecule has 1 saturated carbocycles. The summed E-state index contributed by atoms with van der Waals surface area (Å²) in [7, 11) is 0. The molecule has 0 aromatic heterocycles. The van der Waals surface area contributed by atoms with Gasteiger partial charge in [-0.1, -0.05) is 33.1 Å². The minimum absolute atomic E-state index is 0.275. The van der Waals surface area contributed by atoms with Crippen LogP contribution in [-0.4, -0.2) is 10.2 Å². The van der Waals surface area contributed by atoms with E-state index in [2.05, 4.69) is 13.8 Å². The Morgan fingerprint density at radius 3 is 2.28 bits per heavy atom. The van der Waals surface area contributed by atoms with Crippen LogP contribution in [0.2, 0.25) is 0 Å². The largest absolute Gasteiger partial charge is 0.508 e. The summed E-state index contributed by atoms with van der Waals surface area (Å²) in [5.74, 6) is 0.627. The zero-order chi connectivity index (χ0) is 13.3. The average molecular weight is 248 g/mol. The number of phenolic OH excluding ortho intramolecular Hbond substituents is 1. The Bertz CT molecular complexity index is 429. The van der Waals surface area contributed by atoms with E-state index in [0.29, 0.717) is 5.75 Å². The van der Waals surface area contributed by atoms with E-state index >= 15 is 0 Å². The Kier molecular flexibility index (Phi) is 3.67. The first-order valence-electron chi connectivity index (χ1n) is 7.00. The quantitative estimate of drug-likeness (QED) is 0.831. The van der Waals surface area contributed by atoms with Crippen molar-refractivity contribution in [3.05, 3.63) is 28.8 Å². The normalized spacial score (nSPS) is 19.2. The lowest BCUT2D eigenvalue weighted by Crippen LogP contribution is -2.29. The third-order valence-corrected chi connectivity index (χ3v) is 4.18. The van der Waals surface area contributed by atoms with Crippen LogP contribution in [0.25, 0.3) is 0 Å². The van der Waals surface area contributed by atoms with Gasteiger partial charge in [-0.15, -0.1) is 0 Å². The van der Waals surface area contributed by atoms with Gasteiger partial charge in [0.2, 0.25) is 0 Å². The number of hydrogen-bond donors (Lipinski definition) is 2. The fourth-order valence-electron chi connectivity index (χ4n) is 3.08. The van der Waals surface area contributed by atoms with Crippen LogP contribution < -0.4 is 0 Å². The van der Waals surface area contributed by atoms with Gasteiger partial charge >= 0.3 is 0 Å². The highest BCUT2D eigenvalue weighted by Crippen LogP contribution is 2.41. The summed E-state index contributed by atoms with van der Waals surface area (Å²) in [6.07, 6.45) is 5.09. The van der Waals surface area contributed by atoms with Gasteiger partial charge in [0, 0.05) is 0 Å². The number of aliphatic hydroxyl groups is 1. The van der Waals surface area contributed by atoms with Gasteiger partial charge in [-0.3, -0.25) is 0 Å². The average Bonchev–Trinajstić information content (AvgIpc) is 2.29. The van der Waals surface area contributed by atoms with Crippen molar-refractivity contribution in [3.8, 4) is 5.75 Å². The molecule has 0 bridgehead atoms. The molecule has 0 radical (unpaired) electrons. The molecule has 1 aromatic carbocycles. The zero-order valence-electron chi connectivity index (χ0n) is 11.7. The van der Waals surface area contributed by atoms with Crippen molar-refractivity contribution in [1.82, 2.24) is 0 Å².